The second-order valence-electron chi connectivity index (χ2n) is 7.72. The van der Waals surface area contributed by atoms with Crippen molar-refractivity contribution in [3.63, 3.8) is 0 Å². The smallest absolute Gasteiger partial charge is 0.282 e. The molecule has 4 rings (SSSR count). The molecule has 7 nitrogen and oxygen atoms in total. The summed E-state index contributed by atoms with van der Waals surface area (Å²) in [4.78, 5) is -1.25. The van der Waals surface area contributed by atoms with Crippen LogP contribution in [-0.4, -0.2) is 29.8 Å². The molecule has 1 N–H and O–H groups in total. The minimum Gasteiger partial charge on any atom is -0.282 e. The van der Waals surface area contributed by atoms with Crippen LogP contribution in [0.1, 0.15) is 5.56 Å². The van der Waals surface area contributed by atoms with Gasteiger partial charge in [0.05, 0.1) is 19.6 Å². The highest BCUT2D eigenvalue weighted by Crippen LogP contribution is 2.39. The van der Waals surface area contributed by atoms with Gasteiger partial charge in [0.1, 0.15) is 4.90 Å². The first kappa shape index (κ1) is 24.8. The van der Waals surface area contributed by atoms with Crippen molar-refractivity contribution in [3.8, 4) is 11.1 Å². The Kier molecular flexibility index (Phi) is 6.41. The highest BCUT2D eigenvalue weighted by atomic mass is 32.2. The Bertz CT molecular complexity index is 1730. The fraction of sp³-hybridized carbons (Fsp3) is 0.0400. The normalized spacial score (nSPS) is 12.4. The number of aryl methyl sites for hydroxylation is 1. The number of hydrogen-bond acceptors (Lipinski definition) is 6. The van der Waals surface area contributed by atoms with Gasteiger partial charge in [-0.05, 0) is 55.0 Å². The van der Waals surface area contributed by atoms with E-state index in [4.69, 9.17) is 0 Å². The first-order valence-corrected chi connectivity index (χ1v) is 14.7. The van der Waals surface area contributed by atoms with E-state index in [-0.39, 0.29) is 31.4 Å². The second kappa shape index (κ2) is 9.04. The van der Waals surface area contributed by atoms with Gasteiger partial charge in [0.2, 0.25) is 19.7 Å². The van der Waals surface area contributed by atoms with E-state index in [0.29, 0.717) is 0 Å². The Morgan fingerprint density at radius 2 is 0.971 bits per heavy atom. The third-order valence-corrected chi connectivity index (χ3v) is 10.1. The lowest BCUT2D eigenvalue weighted by Crippen LogP contribution is -2.11. The summed E-state index contributed by atoms with van der Waals surface area (Å²) >= 11 is 0. The van der Waals surface area contributed by atoms with E-state index >= 15 is 0 Å². The molecule has 180 valence electrons. The molecule has 0 saturated carbocycles. The molecule has 0 aliphatic heterocycles. The maximum Gasteiger partial charge on any atom is 0.295 e. The third kappa shape index (κ3) is 4.65. The van der Waals surface area contributed by atoms with Gasteiger partial charge in [0.25, 0.3) is 10.1 Å². The summed E-state index contributed by atoms with van der Waals surface area (Å²) in [6.07, 6.45) is 0. The molecule has 0 aliphatic carbocycles. The van der Waals surface area contributed by atoms with Crippen molar-refractivity contribution in [3.05, 3.63) is 103 Å². The molecule has 0 aromatic heterocycles. The van der Waals surface area contributed by atoms with Crippen LogP contribution in [0.15, 0.2) is 122 Å². The summed E-state index contributed by atoms with van der Waals surface area (Å²) in [5.74, 6) is 0. The van der Waals surface area contributed by atoms with Gasteiger partial charge in [-0.2, -0.15) is 8.42 Å². The van der Waals surface area contributed by atoms with Crippen molar-refractivity contribution >= 4 is 29.8 Å². The van der Waals surface area contributed by atoms with Gasteiger partial charge in [-0.15, -0.1) is 0 Å². The average molecular weight is 529 g/mol. The van der Waals surface area contributed by atoms with E-state index in [2.05, 4.69) is 0 Å². The molecule has 0 fully saturated rings. The molecule has 4 aromatic carbocycles. The van der Waals surface area contributed by atoms with Crippen LogP contribution in [-0.2, 0) is 29.8 Å². The molecule has 10 heteroatoms. The third-order valence-electron chi connectivity index (χ3n) is 5.42. The van der Waals surface area contributed by atoms with Gasteiger partial charge >= 0.3 is 0 Å². The maximum absolute atomic E-state index is 13.7. The molecule has 0 saturated heterocycles. The highest BCUT2D eigenvalue weighted by molar-refractivity contribution is 7.92. The predicted molar refractivity (Wildman–Crippen MR) is 130 cm³/mol. The van der Waals surface area contributed by atoms with Crippen LogP contribution in [0.2, 0.25) is 0 Å². The molecule has 0 bridgehead atoms. The Hall–Kier alpha value is -3.31. The molecule has 0 heterocycles. The van der Waals surface area contributed by atoms with Crippen LogP contribution in [0, 0.1) is 6.92 Å². The van der Waals surface area contributed by atoms with Crippen LogP contribution in [0.5, 0.6) is 0 Å². The lowest BCUT2D eigenvalue weighted by Gasteiger charge is -2.17. The highest BCUT2D eigenvalue weighted by Gasteiger charge is 2.30. The van der Waals surface area contributed by atoms with E-state index in [1.54, 1.807) is 24.3 Å². The van der Waals surface area contributed by atoms with Crippen molar-refractivity contribution in [1.29, 1.82) is 0 Å². The van der Waals surface area contributed by atoms with Gasteiger partial charge in [-0.25, -0.2) is 16.8 Å². The summed E-state index contributed by atoms with van der Waals surface area (Å²) in [5, 5.41) is 0. The Morgan fingerprint density at radius 1 is 0.514 bits per heavy atom. The van der Waals surface area contributed by atoms with Crippen LogP contribution in [0.25, 0.3) is 11.1 Å². The van der Waals surface area contributed by atoms with Crippen molar-refractivity contribution in [2.75, 3.05) is 0 Å². The Labute approximate surface area is 204 Å². The Balaban J connectivity index is 2.11. The van der Waals surface area contributed by atoms with Gasteiger partial charge in [-0.3, -0.25) is 4.55 Å². The summed E-state index contributed by atoms with van der Waals surface area (Å²) in [5.41, 5.74) is 0.0869. The van der Waals surface area contributed by atoms with Crippen molar-refractivity contribution < 1.29 is 29.8 Å². The van der Waals surface area contributed by atoms with Crippen molar-refractivity contribution in [2.45, 2.75) is 31.4 Å². The van der Waals surface area contributed by atoms with E-state index < -0.39 is 39.6 Å². The van der Waals surface area contributed by atoms with Crippen LogP contribution >= 0.6 is 0 Å². The molecule has 0 unspecified atom stereocenters. The van der Waals surface area contributed by atoms with Gasteiger partial charge in [0, 0.05) is 11.1 Å². The minimum absolute atomic E-state index is 0.0164. The molecular weight excluding hydrogens is 508 g/mol. The summed E-state index contributed by atoms with van der Waals surface area (Å²) < 4.78 is 88.1. The number of benzene rings is 4. The fourth-order valence-corrected chi connectivity index (χ4v) is 7.57. The first-order chi connectivity index (χ1) is 16.4. The van der Waals surface area contributed by atoms with Gasteiger partial charge in [0.15, 0.2) is 0 Å². The monoisotopic (exact) mass is 528 g/mol. The van der Waals surface area contributed by atoms with Gasteiger partial charge in [-0.1, -0.05) is 54.6 Å². The second-order valence-corrected chi connectivity index (χ2v) is 12.9. The molecule has 0 atom stereocenters. The van der Waals surface area contributed by atoms with Crippen molar-refractivity contribution in [2.24, 2.45) is 0 Å². The lowest BCUT2D eigenvalue weighted by atomic mass is 10.0. The summed E-state index contributed by atoms with van der Waals surface area (Å²) in [6, 6.07) is 22.7. The van der Waals surface area contributed by atoms with Crippen LogP contribution in [0.4, 0.5) is 0 Å². The fourth-order valence-electron chi connectivity index (χ4n) is 3.76. The first-order valence-electron chi connectivity index (χ1n) is 10.3. The molecule has 0 aliphatic rings. The van der Waals surface area contributed by atoms with E-state index in [9.17, 15) is 29.8 Å². The average Bonchev–Trinajstić information content (AvgIpc) is 2.84. The molecule has 0 spiro atoms. The zero-order chi connectivity index (χ0) is 25.4. The SMILES string of the molecule is Cc1cc(-c2ccccc2S(=O)(=O)O)c(S(=O)(=O)c2ccccc2)cc1S(=O)(=O)c1ccccc1. The van der Waals surface area contributed by atoms with Crippen molar-refractivity contribution in [1.82, 2.24) is 0 Å². The Morgan fingerprint density at radius 3 is 1.49 bits per heavy atom. The zero-order valence-corrected chi connectivity index (χ0v) is 20.8. The summed E-state index contributed by atoms with van der Waals surface area (Å²) in [6.45, 7) is 1.49. The topological polar surface area (TPSA) is 123 Å². The quantitative estimate of drug-likeness (QED) is 0.364. The molecular formula is C25H20O7S3. The van der Waals surface area contributed by atoms with Crippen LogP contribution in [0.3, 0.4) is 0 Å². The molecule has 0 amide bonds. The maximum atomic E-state index is 13.7. The largest absolute Gasteiger partial charge is 0.295 e. The van der Waals surface area contributed by atoms with E-state index in [0.717, 1.165) is 12.1 Å². The number of sulfone groups is 2. The van der Waals surface area contributed by atoms with Crippen LogP contribution < -0.4 is 0 Å². The molecule has 0 radical (unpaired) electrons. The summed E-state index contributed by atoms with van der Waals surface area (Å²) in [7, 11) is -13.1. The van der Waals surface area contributed by atoms with E-state index in [1.165, 1.54) is 67.6 Å². The molecule has 35 heavy (non-hydrogen) atoms. The number of rotatable bonds is 6. The van der Waals surface area contributed by atoms with Gasteiger partial charge < -0.3 is 0 Å². The lowest BCUT2D eigenvalue weighted by molar-refractivity contribution is 0.483. The van der Waals surface area contributed by atoms with E-state index in [1.807, 2.05) is 0 Å². The number of hydrogen-bond donors (Lipinski definition) is 1. The minimum atomic E-state index is -4.72. The molecule has 4 aromatic rings. The predicted octanol–water partition coefficient (Wildman–Crippen LogP) is 4.57. The standard InChI is InChI=1S/C25H20O7S3/c1-18-16-22(21-14-8-9-15-23(21)35(30,31)32)25(34(28,29)20-12-6-3-7-13-20)17-24(18)33(26,27)19-10-4-2-5-11-19/h2-17H,1H3,(H,30,31,32). The zero-order valence-electron chi connectivity index (χ0n) is 18.4.